The minimum atomic E-state index is -0.273. The van der Waals surface area contributed by atoms with Crippen molar-refractivity contribution in [2.24, 2.45) is 0 Å². The second kappa shape index (κ2) is 7.94. The van der Waals surface area contributed by atoms with Crippen molar-refractivity contribution < 1.29 is 13.9 Å². The van der Waals surface area contributed by atoms with Crippen molar-refractivity contribution in [1.82, 2.24) is 15.1 Å². The van der Waals surface area contributed by atoms with Crippen LogP contribution >= 0.6 is 0 Å². The fourth-order valence-corrected chi connectivity index (χ4v) is 2.84. The Labute approximate surface area is 143 Å². The van der Waals surface area contributed by atoms with Gasteiger partial charge in [0.2, 0.25) is 0 Å². The minimum absolute atomic E-state index is 0.126. The molecule has 0 radical (unpaired) electrons. The molecule has 1 aliphatic rings. The van der Waals surface area contributed by atoms with Gasteiger partial charge < -0.3 is 15.0 Å². The van der Waals surface area contributed by atoms with Crippen molar-refractivity contribution in [2.75, 3.05) is 39.9 Å². The molecule has 1 atom stereocenters. The van der Waals surface area contributed by atoms with E-state index in [1.54, 1.807) is 24.1 Å². The molecule has 2 amide bonds. The smallest absolute Gasteiger partial charge is 0.317 e. The molecule has 24 heavy (non-hydrogen) atoms. The molecular weight excluding hydrogens is 309 g/mol. The highest BCUT2D eigenvalue weighted by atomic mass is 19.1. The zero-order valence-corrected chi connectivity index (χ0v) is 15.0. The number of hydrogen-bond donors (Lipinski definition) is 1. The topological polar surface area (TPSA) is 44.8 Å². The Morgan fingerprint density at radius 2 is 1.92 bits per heavy atom. The number of benzene rings is 1. The van der Waals surface area contributed by atoms with Crippen LogP contribution in [0.25, 0.3) is 0 Å². The molecule has 0 aromatic heterocycles. The highest BCUT2D eigenvalue weighted by Gasteiger charge is 2.29. The van der Waals surface area contributed by atoms with Crippen molar-refractivity contribution >= 4 is 6.03 Å². The summed E-state index contributed by atoms with van der Waals surface area (Å²) in [5.74, 6) is -0.273. The molecule has 1 heterocycles. The van der Waals surface area contributed by atoms with Crippen LogP contribution in [0.15, 0.2) is 24.3 Å². The fourth-order valence-electron chi connectivity index (χ4n) is 2.84. The van der Waals surface area contributed by atoms with Crippen LogP contribution in [0.2, 0.25) is 0 Å². The van der Waals surface area contributed by atoms with Gasteiger partial charge in [0, 0.05) is 32.2 Å². The standard InChI is InChI=1S/C18H28FN3O2/c1-14(15-5-7-16(19)8-6-15)21(4)17(23)20-13-18(2,3)22-9-11-24-12-10-22/h5-8,14H,9-13H2,1-4H3,(H,20,23). The molecule has 6 heteroatoms. The number of carbonyl (C=O) groups is 1. The number of hydrogen-bond acceptors (Lipinski definition) is 3. The van der Waals surface area contributed by atoms with Gasteiger partial charge >= 0.3 is 6.03 Å². The van der Waals surface area contributed by atoms with E-state index in [2.05, 4.69) is 24.1 Å². The average Bonchev–Trinajstić information content (AvgIpc) is 2.60. The molecule has 1 fully saturated rings. The van der Waals surface area contributed by atoms with E-state index in [0.29, 0.717) is 6.54 Å². The van der Waals surface area contributed by atoms with Crippen LogP contribution in [0, 0.1) is 5.82 Å². The fraction of sp³-hybridized carbons (Fsp3) is 0.611. The van der Waals surface area contributed by atoms with Gasteiger partial charge in [-0.1, -0.05) is 12.1 Å². The lowest BCUT2D eigenvalue weighted by atomic mass is 10.0. The normalized spacial score (nSPS) is 17.4. The summed E-state index contributed by atoms with van der Waals surface area (Å²) in [5.41, 5.74) is 0.779. The van der Waals surface area contributed by atoms with Gasteiger partial charge in [0.05, 0.1) is 19.3 Å². The molecule has 0 bridgehead atoms. The summed E-state index contributed by atoms with van der Waals surface area (Å²) < 4.78 is 18.4. The van der Waals surface area contributed by atoms with Crippen molar-refractivity contribution in [3.8, 4) is 0 Å². The molecule has 134 valence electrons. The van der Waals surface area contributed by atoms with Gasteiger partial charge in [0.25, 0.3) is 0 Å². The first-order valence-corrected chi connectivity index (χ1v) is 8.40. The second-order valence-corrected chi connectivity index (χ2v) is 6.91. The molecule has 5 nitrogen and oxygen atoms in total. The van der Waals surface area contributed by atoms with Crippen LogP contribution in [0.5, 0.6) is 0 Å². The third-order valence-electron chi connectivity index (χ3n) is 4.79. The number of halogens is 1. The number of ether oxygens (including phenoxy) is 1. The van der Waals surface area contributed by atoms with Crippen LogP contribution in [0.3, 0.4) is 0 Å². The summed E-state index contributed by atoms with van der Waals surface area (Å²) >= 11 is 0. The second-order valence-electron chi connectivity index (χ2n) is 6.91. The zero-order chi connectivity index (χ0) is 17.7. The van der Waals surface area contributed by atoms with Crippen molar-refractivity contribution in [2.45, 2.75) is 32.4 Å². The third kappa shape index (κ3) is 4.68. The van der Waals surface area contributed by atoms with Crippen LogP contribution in [0.1, 0.15) is 32.4 Å². The number of morpholine rings is 1. The molecule has 0 aliphatic carbocycles. The quantitative estimate of drug-likeness (QED) is 0.898. The van der Waals surface area contributed by atoms with E-state index in [4.69, 9.17) is 4.74 Å². The summed E-state index contributed by atoms with van der Waals surface area (Å²) in [6.45, 7) is 9.98. The van der Waals surface area contributed by atoms with Crippen molar-refractivity contribution in [3.63, 3.8) is 0 Å². The van der Waals surface area contributed by atoms with E-state index < -0.39 is 0 Å². The van der Waals surface area contributed by atoms with Gasteiger partial charge in [0.15, 0.2) is 0 Å². The summed E-state index contributed by atoms with van der Waals surface area (Å²) in [4.78, 5) is 16.4. The Hall–Kier alpha value is -1.66. The number of amides is 2. The van der Waals surface area contributed by atoms with Crippen LogP contribution < -0.4 is 5.32 Å². The summed E-state index contributed by atoms with van der Waals surface area (Å²) in [7, 11) is 1.76. The van der Waals surface area contributed by atoms with E-state index in [0.717, 1.165) is 31.9 Å². The van der Waals surface area contributed by atoms with Crippen LogP contribution in [0.4, 0.5) is 9.18 Å². The minimum Gasteiger partial charge on any atom is -0.379 e. The lowest BCUT2D eigenvalue weighted by Gasteiger charge is -2.41. The van der Waals surface area contributed by atoms with E-state index in [9.17, 15) is 9.18 Å². The molecule has 0 spiro atoms. The van der Waals surface area contributed by atoms with Gasteiger partial charge in [-0.15, -0.1) is 0 Å². The molecular formula is C18H28FN3O2. The van der Waals surface area contributed by atoms with E-state index >= 15 is 0 Å². The monoisotopic (exact) mass is 337 g/mol. The first-order valence-electron chi connectivity index (χ1n) is 8.40. The number of nitrogens with one attached hydrogen (secondary N) is 1. The summed E-state index contributed by atoms with van der Waals surface area (Å²) in [5, 5.41) is 3.01. The Morgan fingerprint density at radius 1 is 1.33 bits per heavy atom. The largest absolute Gasteiger partial charge is 0.379 e. The third-order valence-corrected chi connectivity index (χ3v) is 4.79. The van der Waals surface area contributed by atoms with Gasteiger partial charge in [-0.3, -0.25) is 4.90 Å². The van der Waals surface area contributed by atoms with E-state index in [1.165, 1.54) is 12.1 Å². The molecule has 1 unspecified atom stereocenters. The molecule has 2 rings (SSSR count). The lowest BCUT2D eigenvalue weighted by molar-refractivity contribution is -0.00906. The lowest BCUT2D eigenvalue weighted by Crippen LogP contribution is -2.56. The predicted molar refractivity (Wildman–Crippen MR) is 92.4 cm³/mol. The summed E-state index contributed by atoms with van der Waals surface area (Å²) in [6, 6.07) is 5.99. The molecule has 1 aliphatic heterocycles. The first-order chi connectivity index (χ1) is 11.3. The molecule has 1 N–H and O–H groups in total. The predicted octanol–water partition coefficient (Wildman–Crippen LogP) is 2.64. The van der Waals surface area contributed by atoms with Crippen molar-refractivity contribution in [3.05, 3.63) is 35.6 Å². The van der Waals surface area contributed by atoms with Crippen molar-refractivity contribution in [1.29, 1.82) is 0 Å². The first kappa shape index (κ1) is 18.7. The SMILES string of the molecule is CC(c1ccc(F)cc1)N(C)C(=O)NCC(C)(C)N1CCOCC1. The average molecular weight is 337 g/mol. The van der Waals surface area contributed by atoms with Crippen LogP contribution in [-0.4, -0.2) is 61.3 Å². The van der Waals surface area contributed by atoms with Gasteiger partial charge in [-0.25, -0.2) is 9.18 Å². The Kier molecular flexibility index (Phi) is 6.18. The highest BCUT2D eigenvalue weighted by Crippen LogP contribution is 2.20. The molecule has 1 aromatic rings. The number of nitrogens with zero attached hydrogens (tertiary/aromatic N) is 2. The van der Waals surface area contributed by atoms with Gasteiger partial charge in [0.1, 0.15) is 5.82 Å². The maximum Gasteiger partial charge on any atom is 0.317 e. The number of carbonyl (C=O) groups excluding carboxylic acids is 1. The zero-order valence-electron chi connectivity index (χ0n) is 15.0. The molecule has 1 aromatic carbocycles. The van der Waals surface area contributed by atoms with E-state index in [-0.39, 0.29) is 23.4 Å². The van der Waals surface area contributed by atoms with Gasteiger partial charge in [-0.2, -0.15) is 0 Å². The Bertz CT molecular complexity index is 542. The maximum atomic E-state index is 13.0. The highest BCUT2D eigenvalue weighted by molar-refractivity contribution is 5.74. The number of rotatable bonds is 5. The van der Waals surface area contributed by atoms with E-state index in [1.807, 2.05) is 6.92 Å². The number of urea groups is 1. The maximum absolute atomic E-state index is 13.0. The Morgan fingerprint density at radius 3 is 2.50 bits per heavy atom. The summed E-state index contributed by atoms with van der Waals surface area (Å²) in [6.07, 6.45) is 0. The molecule has 1 saturated heterocycles. The Balaban J connectivity index is 1.89. The molecule has 0 saturated carbocycles. The van der Waals surface area contributed by atoms with Crippen LogP contribution in [-0.2, 0) is 4.74 Å². The van der Waals surface area contributed by atoms with Gasteiger partial charge in [-0.05, 0) is 38.5 Å².